The molecule has 1 saturated heterocycles. The standard InChI is InChI=1S/C35H41N5O5/c1-2-28(32(36)41)33(42)37-26-15-16-30-29(23-26)34(43)38-35(44)40(30)20-10-9-19-39-21-17-27(18-22-39)45-31(24-11-5-3-6-12-24)25-13-7-4-8-14-25/h3-8,11-16,23,27-28,31H,2,9-10,17-22H2,1H3,(H2,36,41)(H,37,42)(H,38,43,44). The van der Waals surface area contributed by atoms with Crippen molar-refractivity contribution in [3.8, 4) is 0 Å². The van der Waals surface area contributed by atoms with Crippen molar-refractivity contribution in [2.75, 3.05) is 25.0 Å². The molecule has 3 aromatic carbocycles. The summed E-state index contributed by atoms with van der Waals surface area (Å²) < 4.78 is 8.24. The molecular formula is C35H41N5O5. The number of benzene rings is 3. The Balaban J connectivity index is 1.14. The molecule has 1 fully saturated rings. The molecule has 1 atom stereocenters. The van der Waals surface area contributed by atoms with E-state index in [0.717, 1.165) is 56.4 Å². The molecule has 4 aromatic rings. The summed E-state index contributed by atoms with van der Waals surface area (Å²) in [4.78, 5) is 54.1. The SMILES string of the molecule is CCC(C(N)=O)C(=O)Nc1ccc2c(c1)c(=O)[nH]c(=O)n2CCCCN1CCC(OC(c2ccccc2)c2ccccc2)CC1. The monoisotopic (exact) mass is 611 g/mol. The van der Waals surface area contributed by atoms with Gasteiger partial charge >= 0.3 is 5.69 Å². The molecule has 45 heavy (non-hydrogen) atoms. The maximum Gasteiger partial charge on any atom is 0.328 e. The first kappa shape index (κ1) is 31.9. The molecule has 2 heterocycles. The van der Waals surface area contributed by atoms with Gasteiger partial charge in [-0.15, -0.1) is 0 Å². The number of amides is 2. The number of primary amides is 1. The zero-order chi connectivity index (χ0) is 31.8. The second-order valence-electron chi connectivity index (χ2n) is 11.6. The smallest absolute Gasteiger partial charge is 0.328 e. The van der Waals surface area contributed by atoms with Crippen LogP contribution in [0.15, 0.2) is 88.5 Å². The third kappa shape index (κ3) is 7.95. The Kier molecular flexibility index (Phi) is 10.6. The number of unbranched alkanes of at least 4 members (excludes halogenated alkanes) is 1. The number of piperidine rings is 1. The number of ether oxygens (including phenoxy) is 1. The number of likely N-dealkylation sites (tertiary alicyclic amines) is 1. The Morgan fingerprint density at radius 3 is 2.16 bits per heavy atom. The van der Waals surface area contributed by atoms with E-state index in [9.17, 15) is 19.2 Å². The van der Waals surface area contributed by atoms with Crippen LogP contribution in [0.25, 0.3) is 10.9 Å². The fraction of sp³-hybridized carbons (Fsp3) is 0.371. The third-order valence-electron chi connectivity index (χ3n) is 8.51. The van der Waals surface area contributed by atoms with Gasteiger partial charge in [-0.25, -0.2) is 4.79 Å². The lowest BCUT2D eigenvalue weighted by atomic mass is 10.00. The number of rotatable bonds is 13. The number of carbonyl (C=O) groups is 2. The number of anilines is 1. The van der Waals surface area contributed by atoms with Gasteiger partial charge in [0, 0.05) is 25.3 Å². The van der Waals surface area contributed by atoms with E-state index in [-0.39, 0.29) is 24.0 Å². The summed E-state index contributed by atoms with van der Waals surface area (Å²) in [5.74, 6) is -2.21. The highest BCUT2D eigenvalue weighted by molar-refractivity contribution is 6.06. The van der Waals surface area contributed by atoms with Gasteiger partial charge in [-0.05, 0) is 68.0 Å². The fourth-order valence-electron chi connectivity index (χ4n) is 6.01. The van der Waals surface area contributed by atoms with Crippen LogP contribution in [-0.2, 0) is 20.9 Å². The zero-order valence-electron chi connectivity index (χ0n) is 25.6. The Morgan fingerprint density at radius 2 is 1.56 bits per heavy atom. The van der Waals surface area contributed by atoms with Crippen molar-refractivity contribution < 1.29 is 14.3 Å². The summed E-state index contributed by atoms with van der Waals surface area (Å²) in [5, 5.41) is 2.94. The van der Waals surface area contributed by atoms with Crippen LogP contribution in [0.5, 0.6) is 0 Å². The molecule has 0 aliphatic carbocycles. The first-order chi connectivity index (χ1) is 21.8. The largest absolute Gasteiger partial charge is 0.369 e. The van der Waals surface area contributed by atoms with Crippen LogP contribution in [0, 0.1) is 5.92 Å². The van der Waals surface area contributed by atoms with Crippen LogP contribution in [0.2, 0.25) is 0 Å². The molecule has 10 heteroatoms. The second kappa shape index (κ2) is 15.0. The highest BCUT2D eigenvalue weighted by Crippen LogP contribution is 2.30. The summed E-state index contributed by atoms with van der Waals surface area (Å²) >= 11 is 0. The maximum atomic E-state index is 12.7. The van der Waals surface area contributed by atoms with Gasteiger partial charge < -0.3 is 20.7 Å². The van der Waals surface area contributed by atoms with E-state index < -0.39 is 29.0 Å². The number of aromatic nitrogens is 2. The molecule has 4 N–H and O–H groups in total. The van der Waals surface area contributed by atoms with E-state index >= 15 is 0 Å². The van der Waals surface area contributed by atoms with Crippen molar-refractivity contribution in [3.05, 3.63) is 111 Å². The summed E-state index contributed by atoms with van der Waals surface area (Å²) in [7, 11) is 0. The van der Waals surface area contributed by atoms with Crippen molar-refractivity contribution in [1.29, 1.82) is 0 Å². The predicted molar refractivity (Wildman–Crippen MR) is 175 cm³/mol. The van der Waals surface area contributed by atoms with Crippen molar-refractivity contribution in [2.45, 2.75) is 57.8 Å². The molecule has 0 radical (unpaired) electrons. The molecule has 10 nitrogen and oxygen atoms in total. The molecule has 1 unspecified atom stereocenters. The number of nitrogens with two attached hydrogens (primary N) is 1. The lowest BCUT2D eigenvalue weighted by molar-refractivity contribution is -0.130. The average molecular weight is 612 g/mol. The predicted octanol–water partition coefficient (Wildman–Crippen LogP) is 4.19. The van der Waals surface area contributed by atoms with Gasteiger partial charge in [0.2, 0.25) is 11.8 Å². The molecule has 236 valence electrons. The van der Waals surface area contributed by atoms with Crippen LogP contribution in [-0.4, -0.2) is 52.0 Å². The van der Waals surface area contributed by atoms with Crippen LogP contribution in [0.3, 0.4) is 0 Å². The molecule has 1 aromatic heterocycles. The first-order valence-corrected chi connectivity index (χ1v) is 15.7. The van der Waals surface area contributed by atoms with Gasteiger partial charge in [0.05, 0.1) is 17.0 Å². The minimum Gasteiger partial charge on any atom is -0.369 e. The van der Waals surface area contributed by atoms with Crippen molar-refractivity contribution in [1.82, 2.24) is 14.5 Å². The Bertz CT molecular complexity index is 1670. The van der Waals surface area contributed by atoms with Gasteiger partial charge in [-0.1, -0.05) is 67.6 Å². The van der Waals surface area contributed by atoms with Gasteiger partial charge in [-0.3, -0.25) is 23.9 Å². The topological polar surface area (TPSA) is 140 Å². The second-order valence-corrected chi connectivity index (χ2v) is 11.6. The summed E-state index contributed by atoms with van der Waals surface area (Å²) in [6.07, 6.45) is 3.92. The van der Waals surface area contributed by atoms with E-state index in [1.54, 1.807) is 23.6 Å². The molecular weight excluding hydrogens is 570 g/mol. The molecule has 1 aliphatic heterocycles. The minimum atomic E-state index is -0.966. The normalized spacial score (nSPS) is 14.9. The highest BCUT2D eigenvalue weighted by atomic mass is 16.5. The molecule has 0 saturated carbocycles. The molecule has 1 aliphatic rings. The Morgan fingerprint density at radius 1 is 0.933 bits per heavy atom. The molecule has 0 bridgehead atoms. The number of fused-ring (bicyclic) bond motifs is 1. The quantitative estimate of drug-likeness (QED) is 0.153. The third-order valence-corrected chi connectivity index (χ3v) is 8.51. The highest BCUT2D eigenvalue weighted by Gasteiger charge is 2.25. The van der Waals surface area contributed by atoms with Crippen LogP contribution in [0.4, 0.5) is 5.69 Å². The Hall–Kier alpha value is -4.54. The molecule has 2 amide bonds. The van der Waals surface area contributed by atoms with Crippen LogP contribution in [0.1, 0.15) is 56.3 Å². The number of nitrogens with one attached hydrogen (secondary N) is 2. The number of aromatic amines is 1. The van der Waals surface area contributed by atoms with Gasteiger partial charge in [0.25, 0.3) is 5.56 Å². The maximum absolute atomic E-state index is 12.7. The lowest BCUT2D eigenvalue weighted by Crippen LogP contribution is -2.38. The van der Waals surface area contributed by atoms with Gasteiger partial charge in [0.15, 0.2) is 0 Å². The van der Waals surface area contributed by atoms with Crippen LogP contribution >= 0.6 is 0 Å². The van der Waals surface area contributed by atoms with Gasteiger partial charge in [0.1, 0.15) is 12.0 Å². The summed E-state index contributed by atoms with van der Waals surface area (Å²) in [5.41, 5.74) is 7.49. The number of hydrogen-bond acceptors (Lipinski definition) is 6. The molecule has 5 rings (SSSR count). The van der Waals surface area contributed by atoms with Crippen LogP contribution < -0.4 is 22.3 Å². The van der Waals surface area contributed by atoms with Gasteiger partial charge in [-0.2, -0.15) is 0 Å². The number of nitrogens with zero attached hydrogens (tertiary/aromatic N) is 2. The Labute approximate surface area is 262 Å². The van der Waals surface area contributed by atoms with E-state index in [1.807, 2.05) is 36.4 Å². The van der Waals surface area contributed by atoms with Crippen molar-refractivity contribution in [2.24, 2.45) is 11.7 Å². The summed E-state index contributed by atoms with van der Waals surface area (Å²) in [6.45, 7) is 4.96. The van der Waals surface area contributed by atoms with E-state index in [1.165, 1.54) is 6.07 Å². The van der Waals surface area contributed by atoms with E-state index in [2.05, 4.69) is 39.5 Å². The zero-order valence-corrected chi connectivity index (χ0v) is 25.6. The van der Waals surface area contributed by atoms with E-state index in [0.29, 0.717) is 17.7 Å². The number of H-pyrrole nitrogens is 1. The fourth-order valence-corrected chi connectivity index (χ4v) is 6.01. The lowest BCUT2D eigenvalue weighted by Gasteiger charge is -2.34. The summed E-state index contributed by atoms with van der Waals surface area (Å²) in [6, 6.07) is 25.5. The first-order valence-electron chi connectivity index (χ1n) is 15.7. The minimum absolute atomic E-state index is 0.0925. The van der Waals surface area contributed by atoms with Crippen molar-refractivity contribution in [3.63, 3.8) is 0 Å². The average Bonchev–Trinajstić information content (AvgIpc) is 3.05. The number of aryl methyl sites for hydroxylation is 1. The number of hydrogen-bond donors (Lipinski definition) is 3. The molecule has 0 spiro atoms. The van der Waals surface area contributed by atoms with Crippen molar-refractivity contribution >= 4 is 28.4 Å². The van der Waals surface area contributed by atoms with E-state index in [4.69, 9.17) is 10.5 Å². The number of carbonyl (C=O) groups excluding carboxylic acids is 2.